The molecular formula is C13H25NO2. The molecule has 0 unspecified atom stereocenters. The summed E-state index contributed by atoms with van der Waals surface area (Å²) in [4.78, 5) is 10.9. The molecule has 94 valence electrons. The molecule has 0 heterocycles. The first-order valence-electron chi connectivity index (χ1n) is 6.28. The van der Waals surface area contributed by atoms with Crippen LogP contribution in [0.15, 0.2) is 12.2 Å². The van der Waals surface area contributed by atoms with Gasteiger partial charge in [-0.3, -0.25) is 4.79 Å². The summed E-state index contributed by atoms with van der Waals surface area (Å²) in [5.41, 5.74) is 0. The van der Waals surface area contributed by atoms with Crippen molar-refractivity contribution in [3.63, 3.8) is 0 Å². The maximum Gasteiger partial charge on any atom is 0.243 e. The Labute approximate surface area is 98.9 Å². The molecular weight excluding hydrogens is 202 g/mol. The van der Waals surface area contributed by atoms with Crippen LogP contribution in [0.1, 0.15) is 51.9 Å². The zero-order chi connectivity index (χ0) is 12.2. The molecule has 0 aromatic carbocycles. The summed E-state index contributed by atoms with van der Waals surface area (Å²) in [7, 11) is 1.58. The minimum Gasteiger partial charge on any atom is -0.389 e. The van der Waals surface area contributed by atoms with Gasteiger partial charge < -0.3 is 10.4 Å². The average molecular weight is 227 g/mol. The first kappa shape index (κ1) is 15.2. The largest absolute Gasteiger partial charge is 0.389 e. The van der Waals surface area contributed by atoms with E-state index in [0.717, 1.165) is 12.8 Å². The molecule has 0 aliphatic heterocycles. The van der Waals surface area contributed by atoms with Crippen molar-refractivity contribution in [3.05, 3.63) is 12.2 Å². The lowest BCUT2D eigenvalue weighted by Gasteiger charge is -2.05. The molecule has 0 aromatic rings. The van der Waals surface area contributed by atoms with Crippen molar-refractivity contribution < 1.29 is 9.90 Å². The minimum atomic E-state index is -0.483. The number of hydrogen-bond acceptors (Lipinski definition) is 2. The van der Waals surface area contributed by atoms with Gasteiger partial charge in [-0.05, 0) is 6.42 Å². The molecule has 0 saturated carbocycles. The lowest BCUT2D eigenvalue weighted by Crippen LogP contribution is -2.15. The van der Waals surface area contributed by atoms with Gasteiger partial charge in [0, 0.05) is 13.1 Å². The zero-order valence-corrected chi connectivity index (χ0v) is 10.5. The summed E-state index contributed by atoms with van der Waals surface area (Å²) in [6, 6.07) is 0. The van der Waals surface area contributed by atoms with Crippen molar-refractivity contribution in [2.24, 2.45) is 0 Å². The normalized spacial score (nSPS) is 12.9. The topological polar surface area (TPSA) is 49.3 Å². The molecule has 0 fully saturated rings. The Morgan fingerprint density at radius 1 is 1.25 bits per heavy atom. The van der Waals surface area contributed by atoms with Crippen LogP contribution in [-0.2, 0) is 4.79 Å². The first-order valence-corrected chi connectivity index (χ1v) is 6.28. The average Bonchev–Trinajstić information content (AvgIpc) is 2.30. The van der Waals surface area contributed by atoms with Gasteiger partial charge in [-0.25, -0.2) is 0 Å². The highest BCUT2D eigenvalue weighted by Gasteiger charge is 1.99. The van der Waals surface area contributed by atoms with Gasteiger partial charge >= 0.3 is 0 Å². The summed E-state index contributed by atoms with van der Waals surface area (Å²) in [5, 5.41) is 12.0. The van der Waals surface area contributed by atoms with Crippen LogP contribution in [0.25, 0.3) is 0 Å². The van der Waals surface area contributed by atoms with Gasteiger partial charge in [0.05, 0.1) is 6.10 Å². The Balaban J connectivity index is 3.40. The van der Waals surface area contributed by atoms with Crippen molar-refractivity contribution in [3.8, 4) is 0 Å². The van der Waals surface area contributed by atoms with Gasteiger partial charge in [-0.1, -0.05) is 51.5 Å². The Bertz CT molecular complexity index is 202. The fourth-order valence-electron chi connectivity index (χ4n) is 1.51. The van der Waals surface area contributed by atoms with Gasteiger partial charge in [0.25, 0.3) is 0 Å². The molecule has 0 radical (unpaired) electrons. The number of nitrogens with one attached hydrogen (secondary N) is 1. The van der Waals surface area contributed by atoms with E-state index in [1.807, 2.05) is 0 Å². The number of carbonyl (C=O) groups is 1. The standard InChI is InChI=1S/C13H25NO2/c1-3-4-5-6-7-8-9-12(15)10-11-13(16)14-2/h10-12,15H,3-9H2,1-2H3,(H,14,16)/t12-/m1/s1. The number of amides is 1. The molecule has 0 rings (SSSR count). The minimum absolute atomic E-state index is 0.165. The predicted molar refractivity (Wildman–Crippen MR) is 67.2 cm³/mol. The molecule has 0 aliphatic rings. The van der Waals surface area contributed by atoms with E-state index in [2.05, 4.69) is 12.2 Å². The highest BCUT2D eigenvalue weighted by molar-refractivity contribution is 5.87. The van der Waals surface area contributed by atoms with Gasteiger partial charge in [0.2, 0.25) is 5.91 Å². The van der Waals surface area contributed by atoms with E-state index in [9.17, 15) is 9.90 Å². The Hall–Kier alpha value is -0.830. The van der Waals surface area contributed by atoms with Gasteiger partial charge in [-0.15, -0.1) is 0 Å². The summed E-state index contributed by atoms with van der Waals surface area (Å²) in [5.74, 6) is -0.165. The second-order valence-corrected chi connectivity index (χ2v) is 4.10. The predicted octanol–water partition coefficient (Wildman–Crippen LogP) is 2.40. The number of likely N-dealkylation sites (N-methyl/N-ethyl adjacent to an activating group) is 1. The third-order valence-corrected chi connectivity index (χ3v) is 2.57. The van der Waals surface area contributed by atoms with E-state index in [-0.39, 0.29) is 5.91 Å². The smallest absolute Gasteiger partial charge is 0.243 e. The molecule has 0 aromatic heterocycles. The van der Waals surface area contributed by atoms with Crippen LogP contribution in [0.5, 0.6) is 0 Å². The highest BCUT2D eigenvalue weighted by atomic mass is 16.3. The van der Waals surface area contributed by atoms with E-state index in [1.54, 1.807) is 13.1 Å². The lowest BCUT2D eigenvalue weighted by atomic mass is 10.1. The van der Waals surface area contributed by atoms with E-state index in [1.165, 1.54) is 38.2 Å². The van der Waals surface area contributed by atoms with E-state index in [0.29, 0.717) is 0 Å². The number of carbonyl (C=O) groups excluding carboxylic acids is 1. The fraction of sp³-hybridized carbons (Fsp3) is 0.769. The number of aliphatic hydroxyl groups excluding tert-OH is 1. The Morgan fingerprint density at radius 3 is 2.50 bits per heavy atom. The van der Waals surface area contributed by atoms with Crippen molar-refractivity contribution in [2.75, 3.05) is 7.05 Å². The number of aliphatic hydroxyl groups is 1. The van der Waals surface area contributed by atoms with Crippen LogP contribution in [0.4, 0.5) is 0 Å². The number of unbranched alkanes of at least 4 members (excludes halogenated alkanes) is 5. The molecule has 16 heavy (non-hydrogen) atoms. The molecule has 0 bridgehead atoms. The van der Waals surface area contributed by atoms with Gasteiger partial charge in [0.1, 0.15) is 0 Å². The zero-order valence-electron chi connectivity index (χ0n) is 10.5. The van der Waals surface area contributed by atoms with Crippen LogP contribution >= 0.6 is 0 Å². The maximum absolute atomic E-state index is 10.9. The second kappa shape index (κ2) is 10.7. The van der Waals surface area contributed by atoms with Crippen molar-refractivity contribution >= 4 is 5.91 Å². The van der Waals surface area contributed by atoms with Gasteiger partial charge in [-0.2, -0.15) is 0 Å². The molecule has 0 saturated heterocycles. The summed E-state index contributed by atoms with van der Waals surface area (Å²) in [6.45, 7) is 2.20. The van der Waals surface area contributed by atoms with Crippen LogP contribution in [0.2, 0.25) is 0 Å². The summed E-state index contributed by atoms with van der Waals surface area (Å²) < 4.78 is 0. The quantitative estimate of drug-likeness (QED) is 0.469. The molecule has 3 heteroatoms. The Morgan fingerprint density at radius 2 is 1.88 bits per heavy atom. The van der Waals surface area contributed by atoms with Crippen molar-refractivity contribution in [2.45, 2.75) is 58.0 Å². The fourth-order valence-corrected chi connectivity index (χ4v) is 1.51. The van der Waals surface area contributed by atoms with E-state index >= 15 is 0 Å². The van der Waals surface area contributed by atoms with E-state index in [4.69, 9.17) is 0 Å². The van der Waals surface area contributed by atoms with Crippen LogP contribution in [0, 0.1) is 0 Å². The third kappa shape index (κ3) is 9.71. The van der Waals surface area contributed by atoms with Crippen LogP contribution < -0.4 is 5.32 Å². The molecule has 2 N–H and O–H groups in total. The first-order chi connectivity index (χ1) is 7.70. The summed E-state index contributed by atoms with van der Waals surface area (Å²) in [6.07, 6.45) is 10.5. The molecule has 0 aliphatic carbocycles. The summed E-state index contributed by atoms with van der Waals surface area (Å²) >= 11 is 0. The van der Waals surface area contributed by atoms with Crippen molar-refractivity contribution in [1.82, 2.24) is 5.32 Å². The van der Waals surface area contributed by atoms with Crippen molar-refractivity contribution in [1.29, 1.82) is 0 Å². The van der Waals surface area contributed by atoms with Crippen LogP contribution in [0.3, 0.4) is 0 Å². The highest BCUT2D eigenvalue weighted by Crippen LogP contribution is 2.09. The van der Waals surface area contributed by atoms with Crippen LogP contribution in [-0.4, -0.2) is 24.2 Å². The lowest BCUT2D eigenvalue weighted by molar-refractivity contribution is -0.116. The Kier molecular flexibility index (Phi) is 10.1. The maximum atomic E-state index is 10.9. The van der Waals surface area contributed by atoms with E-state index < -0.39 is 6.10 Å². The number of hydrogen-bond donors (Lipinski definition) is 2. The molecule has 3 nitrogen and oxygen atoms in total. The third-order valence-electron chi connectivity index (χ3n) is 2.57. The van der Waals surface area contributed by atoms with Gasteiger partial charge in [0.15, 0.2) is 0 Å². The molecule has 1 atom stereocenters. The molecule has 0 spiro atoms. The monoisotopic (exact) mass is 227 g/mol. The number of rotatable bonds is 9. The SMILES string of the molecule is CCCCCCCC[C@@H](O)C=CC(=O)NC. The second-order valence-electron chi connectivity index (χ2n) is 4.10. The molecule has 1 amide bonds.